The van der Waals surface area contributed by atoms with E-state index in [2.05, 4.69) is 21.9 Å². The van der Waals surface area contributed by atoms with Crippen molar-refractivity contribution >= 4 is 11.8 Å². The maximum atomic E-state index is 5.92. The van der Waals surface area contributed by atoms with Crippen LogP contribution in [-0.2, 0) is 0 Å². The van der Waals surface area contributed by atoms with Crippen LogP contribution in [0.5, 0.6) is 0 Å². The zero-order valence-electron chi connectivity index (χ0n) is 10.5. The number of aryl methyl sites for hydroxylation is 1. The molecule has 0 amide bonds. The molecule has 2 aromatic heterocycles. The first kappa shape index (κ1) is 13.0. The molecule has 18 heavy (non-hydrogen) atoms. The van der Waals surface area contributed by atoms with Gasteiger partial charge >= 0.3 is 0 Å². The summed E-state index contributed by atoms with van der Waals surface area (Å²) in [6.45, 7) is 4.02. The largest absolute Gasteiger partial charge is 0.323 e. The molecule has 0 aromatic carbocycles. The zero-order chi connectivity index (χ0) is 13.0. The molecule has 0 unspecified atom stereocenters. The third-order valence-electron chi connectivity index (χ3n) is 2.55. The van der Waals surface area contributed by atoms with Gasteiger partial charge < -0.3 is 5.73 Å². The molecule has 5 heteroatoms. The third kappa shape index (κ3) is 3.27. The number of nitrogens with zero attached hydrogens (tertiary/aromatic N) is 3. The minimum atomic E-state index is 0.0136. The molecule has 0 radical (unpaired) electrons. The van der Waals surface area contributed by atoms with Gasteiger partial charge in [-0.05, 0) is 42.8 Å². The molecule has 4 nitrogen and oxygen atoms in total. The molecule has 0 saturated heterocycles. The summed E-state index contributed by atoms with van der Waals surface area (Å²) in [6.07, 6.45) is 6.33. The summed E-state index contributed by atoms with van der Waals surface area (Å²) in [5.74, 6) is 0. The molecule has 2 N–H and O–H groups in total. The first-order valence-electron chi connectivity index (χ1n) is 5.87. The van der Waals surface area contributed by atoms with Crippen molar-refractivity contribution in [2.75, 3.05) is 0 Å². The van der Waals surface area contributed by atoms with E-state index in [0.717, 1.165) is 27.7 Å². The molecule has 2 heterocycles. The first-order valence-corrected chi connectivity index (χ1v) is 6.68. The maximum absolute atomic E-state index is 5.92. The van der Waals surface area contributed by atoms with Crippen molar-refractivity contribution in [1.82, 2.24) is 15.0 Å². The van der Waals surface area contributed by atoms with Gasteiger partial charge in [-0.25, -0.2) is 9.97 Å². The third-order valence-corrected chi connectivity index (χ3v) is 3.42. The summed E-state index contributed by atoms with van der Waals surface area (Å²) >= 11 is 1.50. The van der Waals surface area contributed by atoms with Crippen LogP contribution in [0.25, 0.3) is 0 Å². The van der Waals surface area contributed by atoms with Crippen LogP contribution >= 0.6 is 11.8 Å². The lowest BCUT2D eigenvalue weighted by molar-refractivity contribution is 0.674. The molecule has 0 bridgehead atoms. The van der Waals surface area contributed by atoms with Crippen molar-refractivity contribution in [3.8, 4) is 0 Å². The van der Waals surface area contributed by atoms with Gasteiger partial charge in [-0.2, -0.15) is 0 Å². The van der Waals surface area contributed by atoms with Crippen LogP contribution in [0.2, 0.25) is 0 Å². The van der Waals surface area contributed by atoms with Gasteiger partial charge in [0.2, 0.25) is 0 Å². The fraction of sp³-hybridized carbons (Fsp3) is 0.308. The fourth-order valence-electron chi connectivity index (χ4n) is 1.42. The van der Waals surface area contributed by atoms with Gasteiger partial charge in [-0.1, -0.05) is 6.92 Å². The van der Waals surface area contributed by atoms with Crippen LogP contribution in [0.4, 0.5) is 0 Å². The Kier molecular flexibility index (Phi) is 4.28. The number of aromatic nitrogens is 3. The Morgan fingerprint density at radius 3 is 2.44 bits per heavy atom. The Morgan fingerprint density at radius 1 is 1.17 bits per heavy atom. The summed E-state index contributed by atoms with van der Waals surface area (Å²) in [5.41, 5.74) is 7.90. The highest BCUT2D eigenvalue weighted by molar-refractivity contribution is 7.99. The fourth-order valence-corrected chi connectivity index (χ4v) is 2.08. The van der Waals surface area contributed by atoms with Gasteiger partial charge in [0.05, 0.1) is 5.69 Å². The molecule has 0 saturated carbocycles. The van der Waals surface area contributed by atoms with Gasteiger partial charge in [0.15, 0.2) is 5.16 Å². The highest BCUT2D eigenvalue weighted by Gasteiger charge is 2.05. The van der Waals surface area contributed by atoms with E-state index in [1.165, 1.54) is 11.8 Å². The van der Waals surface area contributed by atoms with Crippen LogP contribution in [0.15, 0.2) is 40.8 Å². The second-order valence-corrected chi connectivity index (χ2v) is 5.12. The number of nitrogens with two attached hydrogens (primary N) is 1. The molecule has 94 valence electrons. The molecular weight excluding hydrogens is 244 g/mol. The van der Waals surface area contributed by atoms with E-state index >= 15 is 0 Å². The van der Waals surface area contributed by atoms with Crippen LogP contribution in [0.3, 0.4) is 0 Å². The smallest absolute Gasteiger partial charge is 0.192 e. The van der Waals surface area contributed by atoms with Crippen LogP contribution in [0.1, 0.15) is 30.6 Å². The van der Waals surface area contributed by atoms with Crippen molar-refractivity contribution in [2.24, 2.45) is 5.73 Å². The topological polar surface area (TPSA) is 64.7 Å². The normalized spacial score (nSPS) is 12.4. The second-order valence-electron chi connectivity index (χ2n) is 4.08. The molecule has 0 aliphatic carbocycles. The Balaban J connectivity index is 2.08. The standard InChI is InChI=1S/C13H16N4S/c1-3-11(14)12-5-4-10(8-15-12)18-13-16-6-9(2)7-17-13/h4-8,11H,3,14H2,1-2H3/t11-/m1/s1. The molecule has 1 atom stereocenters. The molecule has 0 aliphatic rings. The second kappa shape index (κ2) is 5.93. The average molecular weight is 260 g/mol. The Hall–Kier alpha value is -1.46. The van der Waals surface area contributed by atoms with E-state index in [1.807, 2.05) is 37.6 Å². The summed E-state index contributed by atoms with van der Waals surface area (Å²) < 4.78 is 0. The monoisotopic (exact) mass is 260 g/mol. The van der Waals surface area contributed by atoms with Gasteiger partial charge in [0.1, 0.15) is 0 Å². The summed E-state index contributed by atoms with van der Waals surface area (Å²) in [6, 6.07) is 3.98. The lowest BCUT2D eigenvalue weighted by atomic mass is 10.1. The Bertz CT molecular complexity index is 495. The van der Waals surface area contributed by atoms with Gasteiger partial charge in [0.25, 0.3) is 0 Å². The van der Waals surface area contributed by atoms with Gasteiger partial charge in [-0.15, -0.1) is 0 Å². The van der Waals surface area contributed by atoms with Crippen molar-refractivity contribution in [3.05, 3.63) is 42.0 Å². The quantitative estimate of drug-likeness (QED) is 0.856. The summed E-state index contributed by atoms with van der Waals surface area (Å²) in [5, 5.41) is 0.731. The highest BCUT2D eigenvalue weighted by atomic mass is 32.2. The zero-order valence-corrected chi connectivity index (χ0v) is 11.3. The van der Waals surface area contributed by atoms with Crippen molar-refractivity contribution < 1.29 is 0 Å². The number of rotatable bonds is 4. The first-order chi connectivity index (χ1) is 8.69. The molecular formula is C13H16N4S. The lowest BCUT2D eigenvalue weighted by Crippen LogP contribution is -2.10. The Morgan fingerprint density at radius 2 is 1.89 bits per heavy atom. The molecule has 0 fully saturated rings. The van der Waals surface area contributed by atoms with Crippen molar-refractivity contribution in [2.45, 2.75) is 36.4 Å². The van der Waals surface area contributed by atoms with Crippen LogP contribution in [0, 0.1) is 6.92 Å². The predicted molar refractivity (Wildman–Crippen MR) is 72.3 cm³/mol. The van der Waals surface area contributed by atoms with Crippen molar-refractivity contribution in [1.29, 1.82) is 0 Å². The van der Waals surface area contributed by atoms with E-state index < -0.39 is 0 Å². The molecule has 0 aliphatic heterocycles. The van der Waals surface area contributed by atoms with E-state index in [9.17, 15) is 0 Å². The van der Waals surface area contributed by atoms with Crippen LogP contribution in [-0.4, -0.2) is 15.0 Å². The predicted octanol–water partition coefficient (Wildman–Crippen LogP) is 2.74. The molecule has 0 spiro atoms. The van der Waals surface area contributed by atoms with Crippen LogP contribution < -0.4 is 5.73 Å². The SMILES string of the molecule is CC[C@@H](N)c1ccc(Sc2ncc(C)cn2)cn1. The summed E-state index contributed by atoms with van der Waals surface area (Å²) in [4.78, 5) is 13.9. The minimum Gasteiger partial charge on any atom is -0.323 e. The molecule has 2 aromatic rings. The van der Waals surface area contributed by atoms with E-state index in [1.54, 1.807) is 0 Å². The van der Waals surface area contributed by atoms with Crippen molar-refractivity contribution in [3.63, 3.8) is 0 Å². The maximum Gasteiger partial charge on any atom is 0.192 e. The lowest BCUT2D eigenvalue weighted by Gasteiger charge is -2.08. The van der Waals surface area contributed by atoms with Gasteiger partial charge in [-0.3, -0.25) is 4.98 Å². The molecule has 2 rings (SSSR count). The number of pyridine rings is 1. The number of hydrogen-bond acceptors (Lipinski definition) is 5. The van der Waals surface area contributed by atoms with E-state index in [-0.39, 0.29) is 6.04 Å². The highest BCUT2D eigenvalue weighted by Crippen LogP contribution is 2.24. The Labute approximate surface area is 111 Å². The van der Waals surface area contributed by atoms with E-state index in [0.29, 0.717) is 0 Å². The minimum absolute atomic E-state index is 0.0136. The number of hydrogen-bond donors (Lipinski definition) is 1. The van der Waals surface area contributed by atoms with Gasteiger partial charge in [0, 0.05) is 29.5 Å². The summed E-state index contributed by atoms with van der Waals surface area (Å²) in [7, 11) is 0. The van der Waals surface area contributed by atoms with E-state index in [4.69, 9.17) is 5.73 Å². The average Bonchev–Trinajstić information content (AvgIpc) is 2.41.